The molecule has 7 rings (SSSR count). The van der Waals surface area contributed by atoms with Crippen LogP contribution in [0.25, 0.3) is 41.7 Å². The Kier molecular flexibility index (Phi) is 5.52. The van der Waals surface area contributed by atoms with E-state index in [9.17, 15) is 0 Å². The molecule has 0 bridgehead atoms. The maximum Gasteiger partial charge on any atom is 0.0785 e. The zero-order valence-corrected chi connectivity index (χ0v) is 22.7. The molecular weight excluding hydrogens is 497 g/mol. The average Bonchev–Trinajstić information content (AvgIpc) is 3.56. The standard InChI is InChI=1S/C36H22S2/c1-23-3-7-25(8-4-23)11-15-29-21-27-13-17-31-32-18-14-28-22-30(16-12-26-9-5-24(2)6-10-26)38-36(28)34(32)20-19-33(31)35(27)37-29/h3-10,13-14,17-22H,1-2H3. The molecule has 0 saturated heterocycles. The van der Waals surface area contributed by atoms with Crippen LogP contribution in [0.2, 0.25) is 0 Å². The molecule has 0 N–H and O–H groups in total. The van der Waals surface area contributed by atoms with Gasteiger partial charge < -0.3 is 0 Å². The fourth-order valence-electron chi connectivity index (χ4n) is 4.88. The Morgan fingerprint density at radius 2 is 0.816 bits per heavy atom. The molecule has 5 aromatic carbocycles. The normalized spacial score (nSPS) is 11.0. The highest BCUT2D eigenvalue weighted by Gasteiger charge is 2.11. The third-order valence-corrected chi connectivity index (χ3v) is 9.12. The lowest BCUT2D eigenvalue weighted by Crippen LogP contribution is -1.78. The molecule has 0 nitrogen and oxygen atoms in total. The molecule has 2 heteroatoms. The van der Waals surface area contributed by atoms with Crippen LogP contribution in [0.1, 0.15) is 32.0 Å². The molecule has 0 amide bonds. The smallest absolute Gasteiger partial charge is 0.0785 e. The Balaban J connectivity index is 1.30. The second kappa shape index (κ2) is 9.20. The molecule has 0 radical (unpaired) electrons. The lowest BCUT2D eigenvalue weighted by Gasteiger charge is -2.06. The summed E-state index contributed by atoms with van der Waals surface area (Å²) in [6, 6.07) is 34.8. The zero-order chi connectivity index (χ0) is 25.6. The van der Waals surface area contributed by atoms with E-state index >= 15 is 0 Å². The van der Waals surface area contributed by atoms with E-state index in [2.05, 4.69) is 135 Å². The van der Waals surface area contributed by atoms with Crippen LogP contribution in [-0.2, 0) is 0 Å². The first-order chi connectivity index (χ1) is 18.6. The quantitative estimate of drug-likeness (QED) is 0.138. The summed E-state index contributed by atoms with van der Waals surface area (Å²) in [5.41, 5.74) is 4.60. The molecule has 0 fully saturated rings. The van der Waals surface area contributed by atoms with Crippen LogP contribution < -0.4 is 0 Å². The van der Waals surface area contributed by atoms with Crippen molar-refractivity contribution in [3.05, 3.63) is 129 Å². The topological polar surface area (TPSA) is 0 Å². The number of hydrogen-bond acceptors (Lipinski definition) is 2. The first kappa shape index (κ1) is 22.8. The SMILES string of the molecule is Cc1ccc(C#Cc2cc3ccc4c5ccc6cc(C#Cc7ccc(C)cc7)sc6c5ccc4c3s2)cc1. The third kappa shape index (κ3) is 4.15. The van der Waals surface area contributed by atoms with Gasteiger partial charge in [0.1, 0.15) is 0 Å². The summed E-state index contributed by atoms with van der Waals surface area (Å²) in [5, 5.41) is 7.66. The van der Waals surface area contributed by atoms with Crippen molar-refractivity contribution in [2.45, 2.75) is 13.8 Å². The molecule has 0 unspecified atom stereocenters. The van der Waals surface area contributed by atoms with E-state index in [0.717, 1.165) is 20.9 Å². The van der Waals surface area contributed by atoms with E-state index in [1.54, 1.807) is 22.7 Å². The van der Waals surface area contributed by atoms with E-state index in [1.165, 1.54) is 52.8 Å². The van der Waals surface area contributed by atoms with Gasteiger partial charge in [0, 0.05) is 31.3 Å². The van der Waals surface area contributed by atoms with Crippen LogP contribution in [0.4, 0.5) is 0 Å². The average molecular weight is 519 g/mol. The van der Waals surface area contributed by atoms with E-state index in [-0.39, 0.29) is 0 Å². The Hall–Kier alpha value is -4.34. The molecule has 0 aliphatic heterocycles. The first-order valence-electron chi connectivity index (χ1n) is 12.6. The number of rotatable bonds is 0. The highest BCUT2D eigenvalue weighted by molar-refractivity contribution is 7.21. The first-order valence-corrected chi connectivity index (χ1v) is 14.2. The summed E-state index contributed by atoms with van der Waals surface area (Å²) in [4.78, 5) is 2.19. The summed E-state index contributed by atoms with van der Waals surface area (Å²) in [6.45, 7) is 4.20. The fraction of sp³-hybridized carbons (Fsp3) is 0.0556. The van der Waals surface area contributed by atoms with Crippen LogP contribution >= 0.6 is 22.7 Å². The minimum absolute atomic E-state index is 1.05. The molecule has 0 saturated carbocycles. The number of aryl methyl sites for hydroxylation is 2. The maximum absolute atomic E-state index is 3.38. The Bertz CT molecular complexity index is 1970. The molecule has 0 aliphatic rings. The van der Waals surface area contributed by atoms with Gasteiger partial charge in [0.25, 0.3) is 0 Å². The van der Waals surface area contributed by atoms with Crippen LogP contribution in [-0.4, -0.2) is 0 Å². The third-order valence-electron chi connectivity index (χ3n) is 6.92. The molecule has 0 aliphatic carbocycles. The summed E-state index contributed by atoms with van der Waals surface area (Å²) in [7, 11) is 0. The molecule has 7 aromatic rings. The predicted octanol–water partition coefficient (Wildman–Crippen LogP) is 9.84. The largest absolute Gasteiger partial charge is 0.126 e. The van der Waals surface area contributed by atoms with Crippen LogP contribution in [0, 0.1) is 37.5 Å². The summed E-state index contributed by atoms with van der Waals surface area (Å²) in [5.74, 6) is 13.4. The van der Waals surface area contributed by atoms with Gasteiger partial charge in [-0.2, -0.15) is 0 Å². The van der Waals surface area contributed by atoms with Gasteiger partial charge in [0.2, 0.25) is 0 Å². The van der Waals surface area contributed by atoms with Gasteiger partial charge in [-0.15, -0.1) is 22.7 Å². The van der Waals surface area contributed by atoms with Crippen LogP contribution in [0.15, 0.2) is 97.1 Å². The summed E-state index contributed by atoms with van der Waals surface area (Å²) >= 11 is 3.56. The maximum atomic E-state index is 3.38. The monoisotopic (exact) mass is 518 g/mol. The predicted molar refractivity (Wildman–Crippen MR) is 167 cm³/mol. The van der Waals surface area contributed by atoms with Gasteiger partial charge in [-0.3, -0.25) is 0 Å². The molecule has 0 atom stereocenters. The van der Waals surface area contributed by atoms with Crippen molar-refractivity contribution in [2.75, 3.05) is 0 Å². The molecule has 0 spiro atoms. The second-order valence-corrected chi connectivity index (χ2v) is 11.8. The minimum Gasteiger partial charge on any atom is -0.126 e. The molecule has 2 aromatic heterocycles. The lowest BCUT2D eigenvalue weighted by molar-refractivity contribution is 1.46. The number of thiophene rings is 2. The fourth-order valence-corrected chi connectivity index (χ4v) is 6.96. The molecular formula is C36H22S2. The highest BCUT2D eigenvalue weighted by Crippen LogP contribution is 2.39. The molecule has 178 valence electrons. The number of hydrogen-bond donors (Lipinski definition) is 0. The van der Waals surface area contributed by atoms with Gasteiger partial charge in [0.05, 0.1) is 9.75 Å². The number of fused-ring (bicyclic) bond motifs is 7. The number of benzene rings is 5. The summed E-state index contributed by atoms with van der Waals surface area (Å²) in [6.07, 6.45) is 0. The van der Waals surface area contributed by atoms with Gasteiger partial charge in [-0.1, -0.05) is 95.5 Å². The van der Waals surface area contributed by atoms with Gasteiger partial charge in [-0.05, 0) is 71.8 Å². The van der Waals surface area contributed by atoms with Crippen molar-refractivity contribution in [1.82, 2.24) is 0 Å². The van der Waals surface area contributed by atoms with Crippen LogP contribution in [0.5, 0.6) is 0 Å². The van der Waals surface area contributed by atoms with Crippen molar-refractivity contribution in [2.24, 2.45) is 0 Å². The Morgan fingerprint density at radius 1 is 0.421 bits per heavy atom. The zero-order valence-electron chi connectivity index (χ0n) is 21.1. The van der Waals surface area contributed by atoms with E-state index in [0.29, 0.717) is 0 Å². The van der Waals surface area contributed by atoms with Gasteiger partial charge in [-0.25, -0.2) is 0 Å². The van der Waals surface area contributed by atoms with E-state index < -0.39 is 0 Å². The van der Waals surface area contributed by atoms with Crippen molar-refractivity contribution in [3.63, 3.8) is 0 Å². The minimum atomic E-state index is 1.05. The second-order valence-electron chi connectivity index (χ2n) is 9.68. The van der Waals surface area contributed by atoms with E-state index in [1.807, 2.05) is 0 Å². The van der Waals surface area contributed by atoms with Gasteiger partial charge in [0.15, 0.2) is 0 Å². The van der Waals surface area contributed by atoms with Crippen molar-refractivity contribution >= 4 is 64.4 Å². The van der Waals surface area contributed by atoms with Gasteiger partial charge >= 0.3 is 0 Å². The lowest BCUT2D eigenvalue weighted by atomic mass is 10.00. The van der Waals surface area contributed by atoms with Crippen molar-refractivity contribution in [1.29, 1.82) is 0 Å². The van der Waals surface area contributed by atoms with Crippen molar-refractivity contribution in [3.8, 4) is 23.7 Å². The molecule has 2 heterocycles. The van der Waals surface area contributed by atoms with Crippen LogP contribution in [0.3, 0.4) is 0 Å². The Labute approximate surface area is 230 Å². The molecule has 38 heavy (non-hydrogen) atoms. The van der Waals surface area contributed by atoms with E-state index in [4.69, 9.17) is 0 Å². The van der Waals surface area contributed by atoms with Crippen molar-refractivity contribution < 1.29 is 0 Å². The summed E-state index contributed by atoms with van der Waals surface area (Å²) < 4.78 is 2.60. The highest BCUT2D eigenvalue weighted by atomic mass is 32.1. The Morgan fingerprint density at radius 3 is 1.24 bits per heavy atom.